The van der Waals surface area contributed by atoms with Crippen LogP contribution in [0.3, 0.4) is 0 Å². The lowest BCUT2D eigenvalue weighted by Crippen LogP contribution is -2.29. The maximum atomic E-state index is 12.8. The van der Waals surface area contributed by atoms with Crippen molar-refractivity contribution >= 4 is 29.1 Å². The molecule has 0 aromatic heterocycles. The summed E-state index contributed by atoms with van der Waals surface area (Å²) in [5.74, 6) is -0.945. The van der Waals surface area contributed by atoms with Crippen molar-refractivity contribution in [2.45, 2.75) is 5.57 Å². The first-order chi connectivity index (χ1) is 12.3. The molecule has 2 aromatic rings. The van der Waals surface area contributed by atoms with Crippen molar-refractivity contribution < 1.29 is 32.6 Å². The minimum Gasteiger partial charge on any atom is -0.493 e. The lowest BCUT2D eigenvalue weighted by Gasteiger charge is -2.15. The fourth-order valence-corrected chi connectivity index (χ4v) is 2.76. The van der Waals surface area contributed by atoms with Crippen LogP contribution < -0.4 is 19.1 Å². The highest BCUT2D eigenvalue weighted by molar-refractivity contribution is 6.35. The Kier molecular flexibility index (Phi) is 4.45. The molecule has 0 saturated carbocycles. The maximum Gasteiger partial charge on any atom is 0.487 e. The Morgan fingerprint density at radius 3 is 2.15 bits per heavy atom. The van der Waals surface area contributed by atoms with E-state index in [0.717, 1.165) is 4.90 Å². The summed E-state index contributed by atoms with van der Waals surface area (Å²) in [6.45, 7) is 0. The number of hydrogen-bond donors (Lipinski definition) is 0. The van der Waals surface area contributed by atoms with E-state index in [1.807, 2.05) is 0 Å². The van der Waals surface area contributed by atoms with Crippen LogP contribution in [0.15, 0.2) is 36.4 Å². The molecule has 1 aliphatic rings. The summed E-state index contributed by atoms with van der Waals surface area (Å²) in [5.41, 5.74) is -3.45. The highest BCUT2D eigenvalue weighted by atomic mass is 35.5. The van der Waals surface area contributed by atoms with Gasteiger partial charge in [0.1, 0.15) is 5.75 Å². The molecule has 1 aliphatic heterocycles. The smallest absolute Gasteiger partial charge is 0.487 e. The number of methoxy groups -OCH3 is 2. The van der Waals surface area contributed by atoms with Gasteiger partial charge in [0.05, 0.1) is 31.0 Å². The van der Waals surface area contributed by atoms with Gasteiger partial charge in [0.2, 0.25) is 0 Å². The van der Waals surface area contributed by atoms with Crippen molar-refractivity contribution in [2.75, 3.05) is 19.1 Å². The molecule has 0 aliphatic carbocycles. The monoisotopic (exact) mass is 383 g/mol. The fraction of sp³-hybridized carbons (Fsp3) is 0.176. The standard InChI is InChI=1S/C17H12ClF2NO5/c1-24-12-8-7-11-13(14(12)25-2)16(23)21(15(11)22)9-3-5-10(6-4-9)26-17(18,19)20/h3-8H,1-2H3. The molecule has 1 heterocycles. The average molecular weight is 384 g/mol. The van der Waals surface area contributed by atoms with Crippen molar-refractivity contribution in [3.63, 3.8) is 0 Å². The lowest BCUT2D eigenvalue weighted by molar-refractivity contribution is -0.0964. The van der Waals surface area contributed by atoms with Gasteiger partial charge in [-0.2, -0.15) is 0 Å². The van der Waals surface area contributed by atoms with Crippen LogP contribution in [-0.4, -0.2) is 31.6 Å². The molecule has 0 saturated heterocycles. The van der Waals surface area contributed by atoms with Crippen LogP contribution in [0.25, 0.3) is 0 Å². The molecular weight excluding hydrogens is 372 g/mol. The molecule has 6 nitrogen and oxygen atoms in total. The molecule has 2 aromatic carbocycles. The van der Waals surface area contributed by atoms with E-state index >= 15 is 0 Å². The van der Waals surface area contributed by atoms with E-state index in [9.17, 15) is 18.4 Å². The van der Waals surface area contributed by atoms with E-state index in [1.165, 1.54) is 50.6 Å². The first kappa shape index (κ1) is 17.9. The van der Waals surface area contributed by atoms with Crippen molar-refractivity contribution in [3.8, 4) is 17.2 Å². The Hall–Kier alpha value is -2.87. The zero-order chi connectivity index (χ0) is 19.1. The minimum absolute atomic E-state index is 0.0736. The Labute approximate surface area is 151 Å². The van der Waals surface area contributed by atoms with Gasteiger partial charge in [-0.05, 0) is 36.4 Å². The maximum absolute atomic E-state index is 12.8. The van der Waals surface area contributed by atoms with Crippen molar-refractivity contribution in [2.24, 2.45) is 0 Å². The largest absolute Gasteiger partial charge is 0.493 e. The molecule has 0 radical (unpaired) electrons. The molecule has 0 bridgehead atoms. The number of amides is 2. The van der Waals surface area contributed by atoms with Crippen molar-refractivity contribution in [1.82, 2.24) is 0 Å². The number of rotatable bonds is 5. The second kappa shape index (κ2) is 6.45. The Morgan fingerprint density at radius 2 is 1.62 bits per heavy atom. The molecular formula is C17H12ClF2NO5. The van der Waals surface area contributed by atoms with Gasteiger partial charge < -0.3 is 14.2 Å². The summed E-state index contributed by atoms with van der Waals surface area (Å²) < 4.78 is 39.9. The van der Waals surface area contributed by atoms with Crippen molar-refractivity contribution in [3.05, 3.63) is 47.5 Å². The summed E-state index contributed by atoms with van der Waals surface area (Å²) in [5, 5.41) is 0. The first-order valence-corrected chi connectivity index (χ1v) is 7.64. The summed E-state index contributed by atoms with van der Waals surface area (Å²) in [6, 6.07) is 7.92. The van der Waals surface area contributed by atoms with Gasteiger partial charge in [0.15, 0.2) is 11.5 Å². The van der Waals surface area contributed by atoms with Crippen LogP contribution in [0.2, 0.25) is 0 Å². The third-order valence-electron chi connectivity index (χ3n) is 3.72. The van der Waals surface area contributed by atoms with Crippen molar-refractivity contribution in [1.29, 1.82) is 0 Å². The number of nitrogens with zero attached hydrogens (tertiary/aromatic N) is 1. The number of carbonyl (C=O) groups is 2. The summed E-state index contributed by atoms with van der Waals surface area (Å²) >= 11 is 4.70. The van der Waals surface area contributed by atoms with E-state index in [0.29, 0.717) is 5.75 Å². The highest BCUT2D eigenvalue weighted by Crippen LogP contribution is 2.40. The van der Waals surface area contributed by atoms with Gasteiger partial charge >= 0.3 is 5.57 Å². The Bertz CT molecular complexity index is 880. The van der Waals surface area contributed by atoms with Crippen LogP contribution in [0.4, 0.5) is 14.5 Å². The average Bonchev–Trinajstić information content (AvgIpc) is 2.84. The molecule has 26 heavy (non-hydrogen) atoms. The first-order valence-electron chi connectivity index (χ1n) is 7.26. The molecule has 9 heteroatoms. The summed E-state index contributed by atoms with van der Waals surface area (Å²) in [7, 11) is 2.77. The van der Waals surface area contributed by atoms with Gasteiger partial charge in [-0.15, -0.1) is 8.78 Å². The number of hydrogen-bond acceptors (Lipinski definition) is 5. The SMILES string of the molecule is COc1ccc2c(c1OC)C(=O)N(c1ccc(OC(F)(F)Cl)cc1)C2=O. The third-order valence-corrected chi connectivity index (χ3v) is 3.80. The normalized spacial score (nSPS) is 13.7. The number of anilines is 1. The van der Waals surface area contributed by atoms with Gasteiger partial charge in [-0.1, -0.05) is 0 Å². The molecule has 0 unspecified atom stereocenters. The highest BCUT2D eigenvalue weighted by Gasteiger charge is 2.40. The Morgan fingerprint density at radius 1 is 0.962 bits per heavy atom. The van der Waals surface area contributed by atoms with Crippen LogP contribution in [0.5, 0.6) is 17.2 Å². The summed E-state index contributed by atoms with van der Waals surface area (Å²) in [4.78, 5) is 26.3. The number of halogens is 3. The molecule has 0 fully saturated rings. The number of imide groups is 1. The van der Waals surface area contributed by atoms with Gasteiger partial charge in [0.25, 0.3) is 11.8 Å². The summed E-state index contributed by atoms with van der Waals surface area (Å²) in [6.07, 6.45) is 0. The van der Waals surface area contributed by atoms with Gasteiger partial charge in [-0.3, -0.25) is 9.59 Å². The number of ether oxygens (including phenoxy) is 3. The second-order valence-corrected chi connectivity index (χ2v) is 5.65. The second-order valence-electron chi connectivity index (χ2n) is 5.21. The zero-order valence-electron chi connectivity index (χ0n) is 13.6. The predicted octanol–water partition coefficient (Wildman–Crippen LogP) is 3.67. The van der Waals surface area contributed by atoms with Gasteiger partial charge in [-0.25, -0.2) is 4.90 Å². The predicted molar refractivity (Wildman–Crippen MR) is 88.6 cm³/mol. The molecule has 0 atom stereocenters. The molecule has 0 N–H and O–H groups in total. The third kappa shape index (κ3) is 3.03. The van der Waals surface area contributed by atoms with E-state index in [4.69, 9.17) is 21.1 Å². The number of alkyl halides is 3. The zero-order valence-corrected chi connectivity index (χ0v) is 14.3. The Balaban J connectivity index is 1.98. The van der Waals surface area contributed by atoms with Crippen LogP contribution in [0, 0.1) is 0 Å². The van der Waals surface area contributed by atoms with E-state index in [2.05, 4.69) is 4.74 Å². The topological polar surface area (TPSA) is 65.1 Å². The quantitative estimate of drug-likeness (QED) is 0.582. The van der Waals surface area contributed by atoms with E-state index in [1.54, 1.807) is 0 Å². The molecule has 136 valence electrons. The van der Waals surface area contributed by atoms with E-state index < -0.39 is 17.4 Å². The lowest BCUT2D eigenvalue weighted by atomic mass is 10.1. The molecule has 3 rings (SSSR count). The number of fused-ring (bicyclic) bond motifs is 1. The molecule has 0 spiro atoms. The number of carbonyl (C=O) groups excluding carboxylic acids is 2. The fourth-order valence-electron chi connectivity index (χ4n) is 2.67. The minimum atomic E-state index is -3.86. The van der Waals surface area contributed by atoms with Crippen LogP contribution in [0.1, 0.15) is 20.7 Å². The van der Waals surface area contributed by atoms with Gasteiger partial charge in [0, 0.05) is 11.6 Å². The molecule has 2 amide bonds. The number of benzene rings is 2. The van der Waals surface area contributed by atoms with Crippen LogP contribution >= 0.6 is 11.6 Å². The van der Waals surface area contributed by atoms with Crippen LogP contribution in [-0.2, 0) is 0 Å². The van der Waals surface area contributed by atoms with E-state index in [-0.39, 0.29) is 28.3 Å².